The second kappa shape index (κ2) is 4.08. The molecule has 0 saturated carbocycles. The third kappa shape index (κ3) is 1.46. The summed E-state index contributed by atoms with van der Waals surface area (Å²) >= 11 is 0. The zero-order chi connectivity index (χ0) is 16.6. The molecule has 0 fully saturated rings. The third-order valence-electron chi connectivity index (χ3n) is 4.50. The third-order valence-corrected chi connectivity index (χ3v) is 4.50. The molecule has 0 atom stereocenters. The molecule has 24 heavy (non-hydrogen) atoms. The van der Waals surface area contributed by atoms with Crippen LogP contribution in [0.1, 0.15) is 0 Å². The molecule has 0 radical (unpaired) electrons. The van der Waals surface area contributed by atoms with Crippen molar-refractivity contribution in [3.05, 3.63) is 52.7 Å². The van der Waals surface area contributed by atoms with Gasteiger partial charge in [-0.25, -0.2) is 0 Å². The topological polar surface area (TPSA) is 90.9 Å². The molecule has 3 N–H and O–H groups in total. The first-order valence-electron chi connectivity index (χ1n) is 7.34. The van der Waals surface area contributed by atoms with Crippen molar-refractivity contribution in [2.45, 2.75) is 0 Å². The predicted molar refractivity (Wildman–Crippen MR) is 91.2 cm³/mol. The lowest BCUT2D eigenvalue weighted by atomic mass is 9.94. The fourth-order valence-corrected chi connectivity index (χ4v) is 3.45. The van der Waals surface area contributed by atoms with Gasteiger partial charge in [0.15, 0.2) is 16.9 Å². The van der Waals surface area contributed by atoms with E-state index < -0.39 is 0 Å². The Labute approximate surface area is 133 Å². The summed E-state index contributed by atoms with van der Waals surface area (Å²) < 4.78 is 5.84. The van der Waals surface area contributed by atoms with E-state index in [0.717, 1.165) is 5.39 Å². The minimum atomic E-state index is -0.309. The largest absolute Gasteiger partial charge is 0.507 e. The van der Waals surface area contributed by atoms with E-state index in [4.69, 9.17) is 4.42 Å². The number of rotatable bonds is 0. The fourth-order valence-electron chi connectivity index (χ4n) is 3.45. The van der Waals surface area contributed by atoms with E-state index in [1.807, 2.05) is 6.07 Å². The molecule has 0 saturated heterocycles. The Morgan fingerprint density at radius 2 is 1.38 bits per heavy atom. The van der Waals surface area contributed by atoms with Crippen molar-refractivity contribution in [2.75, 3.05) is 0 Å². The van der Waals surface area contributed by atoms with Crippen LogP contribution in [-0.4, -0.2) is 15.3 Å². The molecule has 5 aromatic rings. The van der Waals surface area contributed by atoms with Crippen LogP contribution in [0.2, 0.25) is 0 Å². The van der Waals surface area contributed by atoms with Gasteiger partial charge in [0.05, 0.1) is 0 Å². The first kappa shape index (κ1) is 13.0. The summed E-state index contributed by atoms with van der Waals surface area (Å²) in [5.41, 5.74) is 0.635. The summed E-state index contributed by atoms with van der Waals surface area (Å²) in [4.78, 5) is 12.2. The molecule has 0 aliphatic carbocycles. The van der Waals surface area contributed by atoms with Gasteiger partial charge in [0, 0.05) is 33.0 Å². The highest BCUT2D eigenvalue weighted by atomic mass is 16.3. The second-order valence-electron chi connectivity index (χ2n) is 5.86. The van der Waals surface area contributed by atoms with Crippen LogP contribution in [0.3, 0.4) is 0 Å². The number of fused-ring (bicyclic) bond motifs is 2. The summed E-state index contributed by atoms with van der Waals surface area (Å²) in [7, 11) is 0. The van der Waals surface area contributed by atoms with Gasteiger partial charge >= 0.3 is 0 Å². The molecule has 0 spiro atoms. The van der Waals surface area contributed by atoms with Gasteiger partial charge in [0.25, 0.3) is 0 Å². The van der Waals surface area contributed by atoms with E-state index in [9.17, 15) is 20.1 Å². The standard InChI is InChI=1S/C19H10O5/c20-11-3-1-8-2-4-15-19-17(8)9(11)5-14(23)18(19)10-6-12(21)13(22)7-16(10)24-15/h1-7,21-23H. The van der Waals surface area contributed by atoms with E-state index in [-0.39, 0.29) is 22.7 Å². The van der Waals surface area contributed by atoms with E-state index in [1.165, 1.54) is 24.3 Å². The van der Waals surface area contributed by atoms with Crippen molar-refractivity contribution in [3.63, 3.8) is 0 Å². The highest BCUT2D eigenvalue weighted by Gasteiger charge is 2.18. The van der Waals surface area contributed by atoms with Crippen LogP contribution >= 0.6 is 0 Å². The van der Waals surface area contributed by atoms with Crippen LogP contribution in [0.15, 0.2) is 51.7 Å². The predicted octanol–water partition coefficient (Wildman–Crippen LogP) is 3.81. The molecular formula is C19H10O5. The van der Waals surface area contributed by atoms with Crippen molar-refractivity contribution in [2.24, 2.45) is 0 Å². The van der Waals surface area contributed by atoms with Crippen LogP contribution in [0.5, 0.6) is 17.2 Å². The van der Waals surface area contributed by atoms with Crippen molar-refractivity contribution >= 4 is 43.5 Å². The average molecular weight is 318 g/mol. The minimum Gasteiger partial charge on any atom is -0.507 e. The number of aromatic hydroxyl groups is 3. The molecule has 1 heterocycles. The van der Waals surface area contributed by atoms with Gasteiger partial charge in [-0.2, -0.15) is 0 Å². The first-order chi connectivity index (χ1) is 11.5. The van der Waals surface area contributed by atoms with Crippen molar-refractivity contribution in [1.82, 2.24) is 0 Å². The number of hydrogen-bond donors (Lipinski definition) is 3. The normalized spacial score (nSPS) is 12.0. The molecule has 5 heteroatoms. The molecule has 116 valence electrons. The maximum Gasteiger partial charge on any atom is 0.186 e. The monoisotopic (exact) mass is 318 g/mol. The van der Waals surface area contributed by atoms with Crippen LogP contribution in [0, 0.1) is 0 Å². The lowest BCUT2D eigenvalue weighted by Gasteiger charge is -2.13. The summed E-state index contributed by atoms with van der Waals surface area (Å²) in [6, 6.07) is 10.9. The SMILES string of the molecule is O=c1ccc2ccc3oc4cc(O)c(O)cc4c4c(O)cc1c2c34. The van der Waals surface area contributed by atoms with Crippen molar-refractivity contribution in [3.8, 4) is 17.2 Å². The van der Waals surface area contributed by atoms with Crippen LogP contribution < -0.4 is 5.43 Å². The molecule has 5 rings (SSSR count). The Morgan fingerprint density at radius 1 is 0.667 bits per heavy atom. The second-order valence-corrected chi connectivity index (χ2v) is 5.86. The zero-order valence-corrected chi connectivity index (χ0v) is 12.2. The molecule has 1 aromatic heterocycles. The quantitative estimate of drug-likeness (QED) is 0.229. The molecule has 0 bridgehead atoms. The molecule has 0 amide bonds. The molecule has 5 nitrogen and oxygen atoms in total. The van der Waals surface area contributed by atoms with Gasteiger partial charge < -0.3 is 19.7 Å². The first-order valence-corrected chi connectivity index (χ1v) is 7.34. The minimum absolute atomic E-state index is 0.0748. The van der Waals surface area contributed by atoms with Crippen LogP contribution in [0.4, 0.5) is 0 Å². The molecule has 0 aliphatic rings. The van der Waals surface area contributed by atoms with Crippen LogP contribution in [-0.2, 0) is 0 Å². The lowest BCUT2D eigenvalue weighted by molar-refractivity contribution is 0.404. The smallest absolute Gasteiger partial charge is 0.186 e. The van der Waals surface area contributed by atoms with Crippen LogP contribution in [0.25, 0.3) is 43.5 Å². The lowest BCUT2D eigenvalue weighted by Crippen LogP contribution is -2.00. The average Bonchev–Trinajstić information content (AvgIpc) is 2.56. The van der Waals surface area contributed by atoms with Gasteiger partial charge in [0.1, 0.15) is 16.9 Å². The van der Waals surface area contributed by atoms with Gasteiger partial charge in [-0.1, -0.05) is 12.1 Å². The fraction of sp³-hybridized carbons (Fsp3) is 0. The van der Waals surface area contributed by atoms with E-state index in [2.05, 4.69) is 0 Å². The number of hydrogen-bond acceptors (Lipinski definition) is 5. The van der Waals surface area contributed by atoms with Gasteiger partial charge in [-0.15, -0.1) is 0 Å². The zero-order valence-electron chi connectivity index (χ0n) is 12.2. The van der Waals surface area contributed by atoms with E-state index in [1.54, 1.807) is 12.1 Å². The highest BCUT2D eigenvalue weighted by molar-refractivity contribution is 6.28. The number of phenolic OH excluding ortho intramolecular Hbond substituents is 3. The summed E-state index contributed by atoms with van der Waals surface area (Å²) in [6.45, 7) is 0. The van der Waals surface area contributed by atoms with E-state index in [0.29, 0.717) is 38.1 Å². The molecule has 0 unspecified atom stereocenters. The Balaban J connectivity index is 2.22. The Kier molecular flexibility index (Phi) is 2.21. The number of benzene rings is 4. The Bertz CT molecular complexity index is 1350. The van der Waals surface area contributed by atoms with Crippen molar-refractivity contribution in [1.29, 1.82) is 0 Å². The summed E-state index contributed by atoms with van der Waals surface area (Å²) in [5.74, 6) is -0.689. The molecule has 4 aromatic carbocycles. The molecule has 0 aliphatic heterocycles. The van der Waals surface area contributed by atoms with Gasteiger partial charge in [0.2, 0.25) is 0 Å². The van der Waals surface area contributed by atoms with Gasteiger partial charge in [-0.05, 0) is 29.7 Å². The van der Waals surface area contributed by atoms with E-state index >= 15 is 0 Å². The molecular weight excluding hydrogens is 308 g/mol. The maximum atomic E-state index is 12.2. The van der Waals surface area contributed by atoms with Crippen molar-refractivity contribution < 1.29 is 19.7 Å². The maximum absolute atomic E-state index is 12.2. The summed E-state index contributed by atoms with van der Waals surface area (Å²) in [5, 5.41) is 33.6. The number of phenols is 3. The highest BCUT2D eigenvalue weighted by Crippen LogP contribution is 2.44. The Hall–Kier alpha value is -3.47. The summed E-state index contributed by atoms with van der Waals surface area (Å²) in [6.07, 6.45) is 0. The Morgan fingerprint density at radius 3 is 2.21 bits per heavy atom. The van der Waals surface area contributed by atoms with Gasteiger partial charge in [-0.3, -0.25) is 4.79 Å².